The van der Waals surface area contributed by atoms with Crippen molar-refractivity contribution in [2.45, 2.75) is 24.5 Å². The summed E-state index contributed by atoms with van der Waals surface area (Å²) in [6, 6.07) is 18.3. The minimum absolute atomic E-state index is 0.263. The quantitative estimate of drug-likeness (QED) is 0.767. The molecular weight excluding hydrogens is 338 g/mol. The predicted octanol–water partition coefficient (Wildman–Crippen LogP) is 4.98. The van der Waals surface area contributed by atoms with E-state index in [0.29, 0.717) is 11.7 Å². The van der Waals surface area contributed by atoms with Gasteiger partial charge in [0, 0.05) is 35.5 Å². The molecule has 1 saturated heterocycles. The van der Waals surface area contributed by atoms with Gasteiger partial charge in [-0.05, 0) is 30.0 Å². The highest BCUT2D eigenvalue weighted by Crippen LogP contribution is 2.37. The van der Waals surface area contributed by atoms with E-state index in [-0.39, 0.29) is 5.91 Å². The van der Waals surface area contributed by atoms with Gasteiger partial charge in [0.05, 0.1) is 0 Å². The number of rotatable bonds is 4. The van der Waals surface area contributed by atoms with E-state index in [9.17, 15) is 4.79 Å². The summed E-state index contributed by atoms with van der Waals surface area (Å²) in [6.45, 7) is 1.65. The van der Waals surface area contributed by atoms with Crippen LogP contribution in [0.25, 0.3) is 0 Å². The highest BCUT2D eigenvalue weighted by Gasteiger charge is 2.23. The minimum Gasteiger partial charge on any atom is -0.342 e. The fraction of sp³-hybridized carbons (Fsp3) is 0.350. The van der Waals surface area contributed by atoms with Crippen LogP contribution in [0, 0.1) is 0 Å². The van der Waals surface area contributed by atoms with Crippen molar-refractivity contribution in [3.63, 3.8) is 0 Å². The Morgan fingerprint density at radius 1 is 1.08 bits per heavy atom. The summed E-state index contributed by atoms with van der Waals surface area (Å²) < 4.78 is 0. The molecule has 0 spiro atoms. The standard InChI is InChI=1S/C20H22ClNOS/c21-18-9-5-4-8-17(18)19-12-13-22(14-15-24-19)20(23)11-10-16-6-2-1-3-7-16/h1-9,19H,10-15H2. The number of carbonyl (C=O) groups is 1. The topological polar surface area (TPSA) is 20.3 Å². The lowest BCUT2D eigenvalue weighted by molar-refractivity contribution is -0.130. The molecule has 2 aromatic carbocycles. The number of nitrogens with zero attached hydrogens (tertiary/aromatic N) is 1. The molecule has 1 heterocycles. The third-order valence-electron chi connectivity index (χ3n) is 4.42. The minimum atomic E-state index is 0.263. The van der Waals surface area contributed by atoms with Crippen molar-refractivity contribution in [1.29, 1.82) is 0 Å². The summed E-state index contributed by atoms with van der Waals surface area (Å²) >= 11 is 8.24. The molecule has 1 fully saturated rings. The van der Waals surface area contributed by atoms with Crippen LogP contribution in [0.1, 0.15) is 29.2 Å². The largest absolute Gasteiger partial charge is 0.342 e. The summed E-state index contributed by atoms with van der Waals surface area (Å²) in [4.78, 5) is 14.5. The zero-order valence-corrected chi connectivity index (χ0v) is 15.2. The van der Waals surface area contributed by atoms with Gasteiger partial charge in [0.2, 0.25) is 5.91 Å². The number of amides is 1. The predicted molar refractivity (Wildman–Crippen MR) is 103 cm³/mol. The third kappa shape index (κ3) is 4.55. The Kier molecular flexibility index (Phi) is 6.22. The number of hydrogen-bond acceptors (Lipinski definition) is 2. The number of benzene rings is 2. The molecular formula is C20H22ClNOS. The molecule has 0 bridgehead atoms. The van der Waals surface area contributed by atoms with Crippen LogP contribution in [0.2, 0.25) is 5.02 Å². The van der Waals surface area contributed by atoms with Crippen molar-refractivity contribution < 1.29 is 4.79 Å². The average Bonchev–Trinajstić information content (AvgIpc) is 2.87. The fourth-order valence-electron chi connectivity index (χ4n) is 3.06. The first-order valence-electron chi connectivity index (χ1n) is 8.42. The van der Waals surface area contributed by atoms with Crippen molar-refractivity contribution in [1.82, 2.24) is 4.90 Å². The second-order valence-corrected chi connectivity index (χ2v) is 7.75. The van der Waals surface area contributed by atoms with Crippen LogP contribution in [0.3, 0.4) is 0 Å². The highest BCUT2D eigenvalue weighted by atomic mass is 35.5. The van der Waals surface area contributed by atoms with Gasteiger partial charge in [-0.3, -0.25) is 4.79 Å². The molecule has 126 valence electrons. The smallest absolute Gasteiger partial charge is 0.222 e. The molecule has 0 aromatic heterocycles. The Balaban J connectivity index is 1.55. The molecule has 1 aliphatic rings. The van der Waals surface area contributed by atoms with E-state index < -0.39 is 0 Å². The molecule has 24 heavy (non-hydrogen) atoms. The van der Waals surface area contributed by atoms with Gasteiger partial charge in [-0.2, -0.15) is 11.8 Å². The van der Waals surface area contributed by atoms with Crippen LogP contribution in [-0.2, 0) is 11.2 Å². The summed E-state index contributed by atoms with van der Waals surface area (Å²) in [5.74, 6) is 1.23. The van der Waals surface area contributed by atoms with Crippen LogP contribution in [0.4, 0.5) is 0 Å². The van der Waals surface area contributed by atoms with Gasteiger partial charge < -0.3 is 4.90 Å². The first kappa shape index (κ1) is 17.4. The zero-order chi connectivity index (χ0) is 16.8. The van der Waals surface area contributed by atoms with Crippen molar-refractivity contribution in [2.24, 2.45) is 0 Å². The van der Waals surface area contributed by atoms with E-state index in [1.54, 1.807) is 0 Å². The molecule has 0 aliphatic carbocycles. The number of hydrogen-bond donors (Lipinski definition) is 0. The Hall–Kier alpha value is -1.45. The van der Waals surface area contributed by atoms with Gasteiger partial charge in [-0.25, -0.2) is 0 Å². The number of carbonyl (C=O) groups excluding carboxylic acids is 1. The summed E-state index contributed by atoms with van der Waals surface area (Å²) in [5.41, 5.74) is 2.42. The van der Waals surface area contributed by atoms with E-state index in [0.717, 1.165) is 36.7 Å². The van der Waals surface area contributed by atoms with Gasteiger partial charge in [0.25, 0.3) is 0 Å². The molecule has 3 rings (SSSR count). The van der Waals surface area contributed by atoms with Gasteiger partial charge in [0.1, 0.15) is 0 Å². The van der Waals surface area contributed by atoms with Gasteiger partial charge >= 0.3 is 0 Å². The van der Waals surface area contributed by atoms with Crippen molar-refractivity contribution in [2.75, 3.05) is 18.8 Å². The van der Waals surface area contributed by atoms with Gasteiger partial charge in [0.15, 0.2) is 0 Å². The van der Waals surface area contributed by atoms with E-state index in [1.165, 1.54) is 11.1 Å². The summed E-state index contributed by atoms with van der Waals surface area (Å²) in [5, 5.41) is 1.21. The Bertz CT molecular complexity index is 676. The lowest BCUT2D eigenvalue weighted by Gasteiger charge is -2.20. The maximum atomic E-state index is 12.5. The van der Waals surface area contributed by atoms with Crippen molar-refractivity contribution >= 4 is 29.3 Å². The van der Waals surface area contributed by atoms with Crippen LogP contribution in [0.5, 0.6) is 0 Å². The maximum absolute atomic E-state index is 12.5. The molecule has 1 atom stereocenters. The second-order valence-electron chi connectivity index (χ2n) is 6.04. The monoisotopic (exact) mass is 359 g/mol. The summed E-state index contributed by atoms with van der Waals surface area (Å²) in [6.07, 6.45) is 2.37. The fourth-order valence-corrected chi connectivity index (χ4v) is 4.66. The zero-order valence-electron chi connectivity index (χ0n) is 13.7. The second kappa shape index (κ2) is 8.59. The van der Waals surface area contributed by atoms with Crippen LogP contribution in [-0.4, -0.2) is 29.6 Å². The van der Waals surface area contributed by atoms with Crippen molar-refractivity contribution in [3.05, 3.63) is 70.7 Å². The molecule has 1 amide bonds. The highest BCUT2D eigenvalue weighted by molar-refractivity contribution is 7.99. The Morgan fingerprint density at radius 2 is 1.83 bits per heavy atom. The molecule has 1 unspecified atom stereocenters. The molecule has 2 nitrogen and oxygen atoms in total. The molecule has 0 radical (unpaired) electrons. The molecule has 0 saturated carbocycles. The number of aryl methyl sites for hydroxylation is 1. The molecule has 4 heteroatoms. The summed E-state index contributed by atoms with van der Waals surface area (Å²) in [7, 11) is 0. The maximum Gasteiger partial charge on any atom is 0.222 e. The first-order chi connectivity index (χ1) is 11.7. The normalized spacial score (nSPS) is 18.2. The van der Waals surface area contributed by atoms with Crippen molar-refractivity contribution in [3.8, 4) is 0 Å². The van der Waals surface area contributed by atoms with E-state index in [1.807, 2.05) is 53.1 Å². The Morgan fingerprint density at radius 3 is 2.62 bits per heavy atom. The molecule has 2 aromatic rings. The first-order valence-corrected chi connectivity index (χ1v) is 9.84. The van der Waals surface area contributed by atoms with E-state index >= 15 is 0 Å². The number of thioether (sulfide) groups is 1. The van der Waals surface area contributed by atoms with Crippen LogP contribution in [0.15, 0.2) is 54.6 Å². The van der Waals surface area contributed by atoms with Gasteiger partial charge in [-0.15, -0.1) is 0 Å². The van der Waals surface area contributed by atoms with Crippen LogP contribution >= 0.6 is 23.4 Å². The third-order valence-corrected chi connectivity index (χ3v) is 6.07. The lowest BCUT2D eigenvalue weighted by atomic mass is 10.1. The number of halogens is 1. The van der Waals surface area contributed by atoms with Crippen LogP contribution < -0.4 is 0 Å². The lowest BCUT2D eigenvalue weighted by Crippen LogP contribution is -2.33. The van der Waals surface area contributed by atoms with E-state index in [4.69, 9.17) is 11.6 Å². The molecule has 0 N–H and O–H groups in total. The SMILES string of the molecule is O=C(CCc1ccccc1)N1CCSC(c2ccccc2Cl)CC1. The van der Waals surface area contributed by atoms with Gasteiger partial charge in [-0.1, -0.05) is 60.1 Å². The Labute approximate surface area is 153 Å². The average molecular weight is 360 g/mol. The molecule has 1 aliphatic heterocycles. The van der Waals surface area contributed by atoms with E-state index in [2.05, 4.69) is 18.2 Å².